The Bertz CT molecular complexity index is 441. The van der Waals surface area contributed by atoms with Crippen molar-refractivity contribution in [1.82, 2.24) is 5.32 Å². The average Bonchev–Trinajstić information content (AvgIpc) is 2.93. The molecule has 98 valence electrons. The van der Waals surface area contributed by atoms with Crippen LogP contribution in [-0.2, 0) is 11.2 Å². The van der Waals surface area contributed by atoms with E-state index in [0.29, 0.717) is 31.9 Å². The van der Waals surface area contributed by atoms with Crippen molar-refractivity contribution in [3.63, 3.8) is 0 Å². The highest BCUT2D eigenvalue weighted by molar-refractivity contribution is 5.40. The van der Waals surface area contributed by atoms with E-state index in [1.807, 2.05) is 12.1 Å². The van der Waals surface area contributed by atoms with Gasteiger partial charge in [-0.15, -0.1) is 0 Å². The number of hydrogen-bond donors (Lipinski definition) is 3. The maximum absolute atomic E-state index is 10.2. The smallest absolute Gasteiger partial charge is 0.115 e. The number of fused-ring (bicyclic) bond motifs is 1. The lowest BCUT2D eigenvalue weighted by Gasteiger charge is -2.24. The second kappa shape index (κ2) is 4.53. The minimum Gasteiger partial charge on any atom is -0.508 e. The van der Waals surface area contributed by atoms with Crippen LogP contribution < -0.4 is 5.32 Å². The van der Waals surface area contributed by atoms with Gasteiger partial charge in [0.1, 0.15) is 11.4 Å². The quantitative estimate of drug-likeness (QED) is 0.751. The number of nitrogens with one attached hydrogen (secondary N) is 1. The first kappa shape index (κ1) is 12.0. The summed E-state index contributed by atoms with van der Waals surface area (Å²) in [6, 6.07) is 5.83. The Hall–Kier alpha value is -1.10. The zero-order chi connectivity index (χ0) is 12.6. The van der Waals surface area contributed by atoms with E-state index < -0.39 is 5.60 Å². The third kappa shape index (κ3) is 2.23. The molecule has 4 heteroatoms. The summed E-state index contributed by atoms with van der Waals surface area (Å²) in [5, 5.41) is 23.1. The van der Waals surface area contributed by atoms with Crippen LogP contribution in [0.4, 0.5) is 0 Å². The van der Waals surface area contributed by atoms with E-state index in [-0.39, 0.29) is 6.04 Å². The molecule has 2 atom stereocenters. The monoisotopic (exact) mass is 249 g/mol. The number of phenols is 1. The van der Waals surface area contributed by atoms with E-state index in [2.05, 4.69) is 5.32 Å². The summed E-state index contributed by atoms with van der Waals surface area (Å²) < 4.78 is 5.24. The summed E-state index contributed by atoms with van der Waals surface area (Å²) in [4.78, 5) is 0. The van der Waals surface area contributed by atoms with Crippen molar-refractivity contribution >= 4 is 0 Å². The Balaban J connectivity index is 1.66. The van der Waals surface area contributed by atoms with Crippen molar-refractivity contribution in [1.29, 1.82) is 0 Å². The lowest BCUT2D eigenvalue weighted by Crippen LogP contribution is -2.42. The number of rotatable bonds is 3. The van der Waals surface area contributed by atoms with Crippen LogP contribution in [0.5, 0.6) is 5.75 Å². The van der Waals surface area contributed by atoms with Gasteiger partial charge in [0.15, 0.2) is 0 Å². The van der Waals surface area contributed by atoms with Crippen molar-refractivity contribution < 1.29 is 14.9 Å². The average molecular weight is 249 g/mol. The SMILES string of the molecule is Oc1ccc2c(c1)CCC2NCC1(O)CCOC1. The van der Waals surface area contributed by atoms with E-state index in [1.54, 1.807) is 6.07 Å². The van der Waals surface area contributed by atoms with Crippen LogP contribution in [0.15, 0.2) is 18.2 Å². The van der Waals surface area contributed by atoms with Crippen molar-refractivity contribution in [2.75, 3.05) is 19.8 Å². The summed E-state index contributed by atoms with van der Waals surface area (Å²) in [6.07, 6.45) is 2.71. The second-order valence-electron chi connectivity index (χ2n) is 5.38. The molecular formula is C14H19NO3. The third-order valence-corrected chi connectivity index (χ3v) is 3.96. The molecule has 1 fully saturated rings. The van der Waals surface area contributed by atoms with E-state index in [4.69, 9.17) is 4.74 Å². The molecule has 1 aromatic rings. The van der Waals surface area contributed by atoms with Crippen LogP contribution in [-0.4, -0.2) is 35.6 Å². The van der Waals surface area contributed by atoms with Gasteiger partial charge in [0.05, 0.1) is 6.61 Å². The molecule has 0 amide bonds. The van der Waals surface area contributed by atoms with Crippen LogP contribution in [0.25, 0.3) is 0 Å². The predicted octanol–water partition coefficient (Wildman–Crippen LogP) is 1.12. The van der Waals surface area contributed by atoms with Gasteiger partial charge in [-0.1, -0.05) is 6.07 Å². The van der Waals surface area contributed by atoms with Crippen LogP contribution >= 0.6 is 0 Å². The fourth-order valence-corrected chi connectivity index (χ4v) is 2.87. The molecule has 0 bridgehead atoms. The van der Waals surface area contributed by atoms with Gasteiger partial charge in [-0.2, -0.15) is 0 Å². The number of aliphatic hydroxyl groups is 1. The fourth-order valence-electron chi connectivity index (χ4n) is 2.87. The molecule has 4 nitrogen and oxygen atoms in total. The summed E-state index contributed by atoms with van der Waals surface area (Å²) >= 11 is 0. The molecule has 2 unspecified atom stereocenters. The van der Waals surface area contributed by atoms with Crippen LogP contribution in [0.2, 0.25) is 0 Å². The van der Waals surface area contributed by atoms with Crippen molar-refractivity contribution in [2.24, 2.45) is 0 Å². The number of benzene rings is 1. The van der Waals surface area contributed by atoms with E-state index in [1.165, 1.54) is 11.1 Å². The molecule has 1 aliphatic heterocycles. The summed E-state index contributed by atoms with van der Waals surface area (Å²) in [5.74, 6) is 0.331. The largest absolute Gasteiger partial charge is 0.508 e. The third-order valence-electron chi connectivity index (χ3n) is 3.96. The number of hydrogen-bond acceptors (Lipinski definition) is 4. The Morgan fingerprint density at radius 1 is 1.44 bits per heavy atom. The lowest BCUT2D eigenvalue weighted by molar-refractivity contribution is 0.0248. The Labute approximate surface area is 107 Å². The zero-order valence-corrected chi connectivity index (χ0v) is 10.4. The van der Waals surface area contributed by atoms with E-state index >= 15 is 0 Å². The minimum absolute atomic E-state index is 0.283. The first-order valence-corrected chi connectivity index (χ1v) is 6.52. The van der Waals surface area contributed by atoms with E-state index in [9.17, 15) is 10.2 Å². The van der Waals surface area contributed by atoms with Crippen molar-refractivity contribution in [3.05, 3.63) is 29.3 Å². The Morgan fingerprint density at radius 2 is 2.33 bits per heavy atom. The van der Waals surface area contributed by atoms with Crippen molar-refractivity contribution in [2.45, 2.75) is 30.9 Å². The number of ether oxygens (including phenoxy) is 1. The van der Waals surface area contributed by atoms with Gasteiger partial charge in [0, 0.05) is 25.6 Å². The maximum Gasteiger partial charge on any atom is 0.115 e. The fraction of sp³-hybridized carbons (Fsp3) is 0.571. The summed E-state index contributed by atoms with van der Waals surface area (Å²) in [6.45, 7) is 1.64. The molecule has 2 aliphatic rings. The van der Waals surface area contributed by atoms with Gasteiger partial charge >= 0.3 is 0 Å². The topological polar surface area (TPSA) is 61.7 Å². The molecule has 18 heavy (non-hydrogen) atoms. The molecular weight excluding hydrogens is 230 g/mol. The highest BCUT2D eigenvalue weighted by Crippen LogP contribution is 2.33. The molecule has 0 saturated carbocycles. The van der Waals surface area contributed by atoms with Gasteiger partial charge in [-0.3, -0.25) is 0 Å². The van der Waals surface area contributed by atoms with Crippen LogP contribution in [0.1, 0.15) is 30.0 Å². The van der Waals surface area contributed by atoms with Gasteiger partial charge in [-0.05, 0) is 36.1 Å². The number of phenolic OH excluding ortho intramolecular Hbond substituents is 1. The Morgan fingerprint density at radius 3 is 3.11 bits per heavy atom. The lowest BCUT2D eigenvalue weighted by atomic mass is 10.0. The maximum atomic E-state index is 10.2. The molecule has 0 aromatic heterocycles. The number of aryl methyl sites for hydroxylation is 1. The highest BCUT2D eigenvalue weighted by Gasteiger charge is 2.33. The van der Waals surface area contributed by atoms with Crippen LogP contribution in [0.3, 0.4) is 0 Å². The molecule has 3 N–H and O–H groups in total. The first-order chi connectivity index (χ1) is 8.66. The van der Waals surface area contributed by atoms with Gasteiger partial charge in [-0.25, -0.2) is 0 Å². The van der Waals surface area contributed by atoms with Gasteiger partial charge < -0.3 is 20.3 Å². The molecule has 0 radical (unpaired) electrons. The summed E-state index contributed by atoms with van der Waals surface area (Å²) in [5.41, 5.74) is 1.75. The second-order valence-corrected chi connectivity index (χ2v) is 5.38. The minimum atomic E-state index is -0.709. The van der Waals surface area contributed by atoms with Crippen molar-refractivity contribution in [3.8, 4) is 5.75 Å². The molecule has 1 saturated heterocycles. The van der Waals surface area contributed by atoms with Gasteiger partial charge in [0.2, 0.25) is 0 Å². The Kier molecular flexibility index (Phi) is 3.01. The van der Waals surface area contributed by atoms with Gasteiger partial charge in [0.25, 0.3) is 0 Å². The first-order valence-electron chi connectivity index (χ1n) is 6.52. The normalized spacial score (nSPS) is 30.6. The molecule has 3 rings (SSSR count). The molecule has 1 aromatic carbocycles. The number of aromatic hydroxyl groups is 1. The van der Waals surface area contributed by atoms with Crippen LogP contribution in [0, 0.1) is 0 Å². The molecule has 0 spiro atoms. The standard InChI is InChI=1S/C14H19NO3/c16-11-2-3-12-10(7-11)1-4-13(12)15-8-14(17)5-6-18-9-14/h2-3,7,13,15-17H,1,4-6,8-9H2. The highest BCUT2D eigenvalue weighted by atomic mass is 16.5. The molecule has 1 aliphatic carbocycles. The molecule has 1 heterocycles. The zero-order valence-electron chi connectivity index (χ0n) is 10.4. The van der Waals surface area contributed by atoms with E-state index in [0.717, 1.165) is 12.8 Å². The summed E-state index contributed by atoms with van der Waals surface area (Å²) in [7, 11) is 0. The predicted molar refractivity (Wildman–Crippen MR) is 67.6 cm³/mol.